The first kappa shape index (κ1) is 17.5. The van der Waals surface area contributed by atoms with Crippen molar-refractivity contribution in [3.63, 3.8) is 0 Å². The molecule has 1 fully saturated rings. The summed E-state index contributed by atoms with van der Waals surface area (Å²) >= 11 is 0. The van der Waals surface area contributed by atoms with Crippen LogP contribution in [0.1, 0.15) is 46.2 Å². The maximum absolute atomic E-state index is 13.2. The van der Waals surface area contributed by atoms with E-state index in [1.807, 2.05) is 55.1 Å². The summed E-state index contributed by atoms with van der Waals surface area (Å²) < 4.78 is 5.35. The lowest BCUT2D eigenvalue weighted by Crippen LogP contribution is -2.30. The van der Waals surface area contributed by atoms with E-state index >= 15 is 0 Å². The predicted molar refractivity (Wildman–Crippen MR) is 105 cm³/mol. The van der Waals surface area contributed by atoms with Gasteiger partial charge in [-0.3, -0.25) is 4.79 Å². The SMILES string of the molecule is COc1cccc(C2CCCN2C(=O)c2ccc3nc(C)c(C)nc3c2)c1. The minimum absolute atomic E-state index is 0.0437. The highest BCUT2D eigenvalue weighted by Crippen LogP contribution is 2.34. The first-order valence-corrected chi connectivity index (χ1v) is 9.27. The van der Waals surface area contributed by atoms with Crippen molar-refractivity contribution >= 4 is 16.9 Å². The number of rotatable bonds is 3. The summed E-state index contributed by atoms with van der Waals surface area (Å²) in [6, 6.07) is 13.7. The van der Waals surface area contributed by atoms with E-state index in [0.29, 0.717) is 5.56 Å². The molecule has 1 atom stereocenters. The smallest absolute Gasteiger partial charge is 0.254 e. The number of carbonyl (C=O) groups is 1. The molecule has 2 aromatic carbocycles. The molecule has 1 amide bonds. The van der Waals surface area contributed by atoms with E-state index in [4.69, 9.17) is 4.74 Å². The molecule has 138 valence electrons. The van der Waals surface area contributed by atoms with Crippen molar-refractivity contribution in [2.75, 3.05) is 13.7 Å². The number of nitrogens with zero attached hydrogens (tertiary/aromatic N) is 3. The minimum Gasteiger partial charge on any atom is -0.497 e. The van der Waals surface area contributed by atoms with Gasteiger partial charge in [0, 0.05) is 12.1 Å². The lowest BCUT2D eigenvalue weighted by molar-refractivity contribution is 0.0735. The van der Waals surface area contributed by atoms with Crippen LogP contribution in [0.2, 0.25) is 0 Å². The van der Waals surface area contributed by atoms with Crippen LogP contribution in [0.15, 0.2) is 42.5 Å². The van der Waals surface area contributed by atoms with Crippen LogP contribution in [0.25, 0.3) is 11.0 Å². The standard InChI is InChI=1S/C22H23N3O2/c1-14-15(2)24-20-13-17(9-10-19(20)23-14)22(26)25-11-5-8-21(25)16-6-4-7-18(12-16)27-3/h4,6-7,9-10,12-13,21H,5,8,11H2,1-3H3. The molecule has 3 aromatic rings. The third-order valence-electron chi connectivity index (χ3n) is 5.31. The molecule has 1 aliphatic rings. The number of carbonyl (C=O) groups excluding carboxylic acids is 1. The first-order valence-electron chi connectivity index (χ1n) is 9.27. The number of amides is 1. The Morgan fingerprint density at radius 1 is 1.07 bits per heavy atom. The Hall–Kier alpha value is -2.95. The van der Waals surface area contributed by atoms with Crippen molar-refractivity contribution < 1.29 is 9.53 Å². The molecular formula is C22H23N3O2. The topological polar surface area (TPSA) is 55.3 Å². The van der Waals surface area contributed by atoms with Gasteiger partial charge < -0.3 is 9.64 Å². The molecule has 0 radical (unpaired) electrons. The zero-order valence-electron chi connectivity index (χ0n) is 15.9. The second kappa shape index (κ2) is 6.99. The van der Waals surface area contributed by atoms with Crippen LogP contribution < -0.4 is 4.74 Å². The third kappa shape index (κ3) is 3.25. The van der Waals surface area contributed by atoms with Gasteiger partial charge in [0.05, 0.1) is 35.6 Å². The molecule has 5 nitrogen and oxygen atoms in total. The van der Waals surface area contributed by atoms with E-state index in [2.05, 4.69) is 16.0 Å². The summed E-state index contributed by atoms with van der Waals surface area (Å²) in [6.45, 7) is 4.65. The van der Waals surface area contributed by atoms with Gasteiger partial charge >= 0.3 is 0 Å². The van der Waals surface area contributed by atoms with Crippen LogP contribution in [-0.2, 0) is 0 Å². The molecular weight excluding hydrogens is 338 g/mol. The van der Waals surface area contributed by atoms with Crippen LogP contribution in [0.3, 0.4) is 0 Å². The highest BCUT2D eigenvalue weighted by atomic mass is 16.5. The van der Waals surface area contributed by atoms with Crippen LogP contribution >= 0.6 is 0 Å². The molecule has 1 unspecified atom stereocenters. The molecule has 2 heterocycles. The fourth-order valence-electron chi connectivity index (χ4n) is 3.73. The lowest BCUT2D eigenvalue weighted by atomic mass is 10.0. The molecule has 4 rings (SSSR count). The summed E-state index contributed by atoms with van der Waals surface area (Å²) in [7, 11) is 1.66. The zero-order chi connectivity index (χ0) is 19.0. The second-order valence-electron chi connectivity index (χ2n) is 7.03. The number of likely N-dealkylation sites (tertiary alicyclic amines) is 1. The number of methoxy groups -OCH3 is 1. The van der Waals surface area contributed by atoms with Crippen molar-refractivity contribution in [1.29, 1.82) is 0 Å². The summed E-state index contributed by atoms with van der Waals surface area (Å²) in [4.78, 5) is 24.3. The largest absolute Gasteiger partial charge is 0.497 e. The van der Waals surface area contributed by atoms with Crippen molar-refractivity contribution in [2.45, 2.75) is 32.7 Å². The summed E-state index contributed by atoms with van der Waals surface area (Å²) in [5, 5.41) is 0. The fourth-order valence-corrected chi connectivity index (χ4v) is 3.73. The van der Waals surface area contributed by atoms with Gasteiger partial charge in [-0.05, 0) is 62.6 Å². The number of benzene rings is 2. The molecule has 0 N–H and O–H groups in total. The van der Waals surface area contributed by atoms with Crippen LogP contribution in [0.5, 0.6) is 5.75 Å². The number of aryl methyl sites for hydroxylation is 2. The molecule has 1 saturated heterocycles. The van der Waals surface area contributed by atoms with Crippen molar-refractivity contribution in [3.05, 3.63) is 65.0 Å². The Balaban J connectivity index is 1.66. The Bertz CT molecular complexity index is 1020. The fraction of sp³-hybridized carbons (Fsp3) is 0.318. The molecule has 0 bridgehead atoms. The quantitative estimate of drug-likeness (QED) is 0.700. The van der Waals surface area contributed by atoms with Gasteiger partial charge in [0.25, 0.3) is 5.91 Å². The monoisotopic (exact) mass is 361 g/mol. The van der Waals surface area contributed by atoms with Gasteiger partial charge in [-0.15, -0.1) is 0 Å². The van der Waals surface area contributed by atoms with Gasteiger partial charge in [-0.25, -0.2) is 9.97 Å². The van der Waals surface area contributed by atoms with Crippen LogP contribution in [0.4, 0.5) is 0 Å². The van der Waals surface area contributed by atoms with E-state index in [1.54, 1.807) is 7.11 Å². The van der Waals surface area contributed by atoms with Crippen molar-refractivity contribution in [1.82, 2.24) is 14.9 Å². The highest BCUT2D eigenvalue weighted by Gasteiger charge is 2.31. The second-order valence-corrected chi connectivity index (χ2v) is 7.03. The maximum Gasteiger partial charge on any atom is 0.254 e. The lowest BCUT2D eigenvalue weighted by Gasteiger charge is -2.25. The molecule has 0 spiro atoms. The molecule has 0 saturated carbocycles. The van der Waals surface area contributed by atoms with Gasteiger partial charge in [-0.2, -0.15) is 0 Å². The van der Waals surface area contributed by atoms with Crippen LogP contribution in [0, 0.1) is 13.8 Å². The first-order chi connectivity index (χ1) is 13.1. The van der Waals surface area contributed by atoms with E-state index in [1.165, 1.54) is 0 Å². The van der Waals surface area contributed by atoms with E-state index in [9.17, 15) is 4.79 Å². The van der Waals surface area contributed by atoms with Gasteiger partial charge in [0.15, 0.2) is 0 Å². The van der Waals surface area contributed by atoms with Crippen LogP contribution in [-0.4, -0.2) is 34.4 Å². The third-order valence-corrected chi connectivity index (χ3v) is 5.31. The van der Waals surface area contributed by atoms with E-state index in [0.717, 1.165) is 53.1 Å². The molecule has 0 aliphatic carbocycles. The summed E-state index contributed by atoms with van der Waals surface area (Å²) in [5.41, 5.74) is 5.17. The van der Waals surface area contributed by atoms with Crippen molar-refractivity contribution in [3.8, 4) is 5.75 Å². The zero-order valence-corrected chi connectivity index (χ0v) is 15.9. The summed E-state index contributed by atoms with van der Waals surface area (Å²) in [6.07, 6.45) is 1.96. The minimum atomic E-state index is 0.0437. The number of hydrogen-bond donors (Lipinski definition) is 0. The molecule has 1 aliphatic heterocycles. The number of hydrogen-bond acceptors (Lipinski definition) is 4. The number of aromatic nitrogens is 2. The van der Waals surface area contributed by atoms with Gasteiger partial charge in [-0.1, -0.05) is 12.1 Å². The predicted octanol–water partition coefficient (Wildman–Crippen LogP) is 4.23. The van der Waals surface area contributed by atoms with Gasteiger partial charge in [0.2, 0.25) is 0 Å². The van der Waals surface area contributed by atoms with Gasteiger partial charge in [0.1, 0.15) is 5.75 Å². The highest BCUT2D eigenvalue weighted by molar-refractivity contribution is 5.97. The van der Waals surface area contributed by atoms with Crippen molar-refractivity contribution in [2.24, 2.45) is 0 Å². The van der Waals surface area contributed by atoms with E-state index in [-0.39, 0.29) is 11.9 Å². The van der Waals surface area contributed by atoms with E-state index < -0.39 is 0 Å². The Labute approximate surface area is 159 Å². The molecule has 1 aromatic heterocycles. The Morgan fingerprint density at radius 2 is 1.85 bits per heavy atom. The number of fused-ring (bicyclic) bond motifs is 1. The summed E-state index contributed by atoms with van der Waals surface area (Å²) in [5.74, 6) is 0.862. The molecule has 5 heteroatoms. The number of ether oxygens (including phenoxy) is 1. The normalized spacial score (nSPS) is 16.7. The average Bonchev–Trinajstić information content (AvgIpc) is 3.18. The molecule has 27 heavy (non-hydrogen) atoms. The maximum atomic E-state index is 13.2. The average molecular weight is 361 g/mol. The Morgan fingerprint density at radius 3 is 2.63 bits per heavy atom. The Kier molecular flexibility index (Phi) is 4.52.